The number of aromatic nitrogens is 1. The van der Waals surface area contributed by atoms with Gasteiger partial charge >= 0.3 is 12.2 Å². The number of hydrogen-bond donors (Lipinski definition) is 2. The summed E-state index contributed by atoms with van der Waals surface area (Å²) < 4.78 is 12.3. The van der Waals surface area contributed by atoms with E-state index in [0.29, 0.717) is 21.4 Å². The van der Waals surface area contributed by atoms with Crippen molar-refractivity contribution in [3.63, 3.8) is 0 Å². The fourth-order valence-electron chi connectivity index (χ4n) is 3.68. The van der Waals surface area contributed by atoms with E-state index in [1.165, 1.54) is 11.1 Å². The molecule has 0 bridgehead atoms. The van der Waals surface area contributed by atoms with Gasteiger partial charge in [-0.15, -0.1) is 0 Å². The number of ether oxygens (including phenoxy) is 2. The number of hydrogen-bond acceptors (Lipinski definition) is 6. The molecule has 11 heteroatoms. The lowest BCUT2D eigenvalue weighted by molar-refractivity contribution is 0.0935. The summed E-state index contributed by atoms with van der Waals surface area (Å²) >= 11 is 6.65. The van der Waals surface area contributed by atoms with Crippen LogP contribution < -0.4 is 15.5 Å². The van der Waals surface area contributed by atoms with Crippen molar-refractivity contribution in [2.75, 3.05) is 36.5 Å². The van der Waals surface area contributed by atoms with Crippen molar-refractivity contribution >= 4 is 72.1 Å². The van der Waals surface area contributed by atoms with Crippen LogP contribution in [0, 0.1) is 0 Å². The Morgan fingerprint density at radius 3 is 2.41 bits per heavy atom. The molecular formula is C28H24Br2N4O5. The molecule has 0 spiro atoms. The van der Waals surface area contributed by atoms with E-state index in [2.05, 4.69) is 47.5 Å². The number of nitrogens with one attached hydrogen (secondary N) is 2. The maximum atomic E-state index is 12.9. The predicted octanol–water partition coefficient (Wildman–Crippen LogP) is 6.38. The third-order valence-electron chi connectivity index (χ3n) is 5.51. The van der Waals surface area contributed by atoms with Gasteiger partial charge in [0.25, 0.3) is 5.91 Å². The molecule has 200 valence electrons. The average molecular weight is 656 g/mol. The highest BCUT2D eigenvalue weighted by atomic mass is 79.9. The fourth-order valence-corrected chi connectivity index (χ4v) is 4.31. The fraction of sp³-hybridized carbons (Fsp3) is 0.143. The summed E-state index contributed by atoms with van der Waals surface area (Å²) in [5.41, 5.74) is 1.57. The van der Waals surface area contributed by atoms with Gasteiger partial charge < -0.3 is 14.8 Å². The molecule has 0 unspecified atom stereocenters. The third-order valence-corrected chi connectivity index (χ3v) is 6.48. The molecule has 1 aromatic heterocycles. The van der Waals surface area contributed by atoms with Crippen molar-refractivity contribution in [3.05, 3.63) is 99.7 Å². The lowest BCUT2D eigenvalue weighted by atomic mass is 10.1. The van der Waals surface area contributed by atoms with Crippen LogP contribution in [0.2, 0.25) is 0 Å². The molecule has 0 aliphatic carbocycles. The number of amides is 3. The maximum absolute atomic E-state index is 12.9. The number of nitrogens with zero attached hydrogens (tertiary/aromatic N) is 2. The second-order valence-electron chi connectivity index (χ2n) is 8.18. The first kappa shape index (κ1) is 28.1. The molecule has 4 rings (SSSR count). The molecule has 0 aliphatic heterocycles. The summed E-state index contributed by atoms with van der Waals surface area (Å²) in [6.45, 7) is 0.0323. The first-order valence-corrected chi connectivity index (χ1v) is 13.5. The number of anilines is 2. The van der Waals surface area contributed by atoms with Gasteiger partial charge in [-0.25, -0.2) is 9.59 Å². The van der Waals surface area contributed by atoms with Gasteiger partial charge in [0, 0.05) is 32.4 Å². The second-order valence-corrected chi connectivity index (χ2v) is 10.0. The molecule has 9 nitrogen and oxygen atoms in total. The van der Waals surface area contributed by atoms with E-state index >= 15 is 0 Å². The van der Waals surface area contributed by atoms with Crippen LogP contribution in [-0.4, -0.2) is 49.4 Å². The summed E-state index contributed by atoms with van der Waals surface area (Å²) in [5, 5.41) is 7.32. The minimum atomic E-state index is -0.645. The molecule has 0 fully saturated rings. The highest BCUT2D eigenvalue weighted by Gasteiger charge is 2.18. The van der Waals surface area contributed by atoms with Crippen LogP contribution >= 0.6 is 31.9 Å². The van der Waals surface area contributed by atoms with E-state index in [9.17, 15) is 14.4 Å². The first-order chi connectivity index (χ1) is 18.9. The number of carbonyl (C=O) groups excluding carboxylic acids is 3. The Hall–Kier alpha value is -3.96. The molecule has 2 N–H and O–H groups in total. The van der Waals surface area contributed by atoms with Crippen LogP contribution in [-0.2, 0) is 9.47 Å². The summed E-state index contributed by atoms with van der Waals surface area (Å²) in [6.07, 6.45) is 1.73. The minimum Gasteiger partial charge on any atom is -0.447 e. The van der Waals surface area contributed by atoms with Gasteiger partial charge in [0.05, 0.1) is 24.3 Å². The SMILES string of the molecule is O=C(Nc1cccc2ccccc12)OCCN(C(=O)OCCNC(=O)c1cncc(Br)c1)c1ccc(Br)cc1. The van der Waals surface area contributed by atoms with E-state index < -0.39 is 12.2 Å². The zero-order chi connectivity index (χ0) is 27.6. The summed E-state index contributed by atoms with van der Waals surface area (Å²) in [4.78, 5) is 43.0. The lowest BCUT2D eigenvalue weighted by Gasteiger charge is -2.22. The van der Waals surface area contributed by atoms with Crippen molar-refractivity contribution in [2.24, 2.45) is 0 Å². The number of pyridine rings is 1. The third kappa shape index (κ3) is 8.01. The molecule has 0 radical (unpaired) electrons. The van der Waals surface area contributed by atoms with Gasteiger partial charge in [-0.1, -0.05) is 52.3 Å². The Kier molecular flexibility index (Phi) is 9.87. The maximum Gasteiger partial charge on any atom is 0.414 e. The van der Waals surface area contributed by atoms with Crippen molar-refractivity contribution in [2.45, 2.75) is 0 Å². The first-order valence-electron chi connectivity index (χ1n) is 11.9. The highest BCUT2D eigenvalue weighted by molar-refractivity contribution is 9.10. The summed E-state index contributed by atoms with van der Waals surface area (Å²) in [6, 6.07) is 22.0. The predicted molar refractivity (Wildman–Crippen MR) is 156 cm³/mol. The van der Waals surface area contributed by atoms with E-state index in [0.717, 1.165) is 15.2 Å². The van der Waals surface area contributed by atoms with Crippen molar-refractivity contribution < 1.29 is 23.9 Å². The van der Waals surface area contributed by atoms with Crippen LogP contribution in [0.25, 0.3) is 10.8 Å². The molecule has 3 amide bonds. The van der Waals surface area contributed by atoms with Gasteiger partial charge in [-0.05, 0) is 57.7 Å². The number of carbonyl (C=O) groups is 3. The van der Waals surface area contributed by atoms with Gasteiger partial charge in [-0.2, -0.15) is 0 Å². The van der Waals surface area contributed by atoms with Crippen molar-refractivity contribution in [1.82, 2.24) is 10.3 Å². The molecule has 0 atom stereocenters. The summed E-state index contributed by atoms with van der Waals surface area (Å²) in [7, 11) is 0. The average Bonchev–Trinajstić information content (AvgIpc) is 2.94. The molecule has 4 aromatic rings. The minimum absolute atomic E-state index is 0.0541. The van der Waals surface area contributed by atoms with Gasteiger partial charge in [-0.3, -0.25) is 20.0 Å². The smallest absolute Gasteiger partial charge is 0.414 e. The van der Waals surface area contributed by atoms with Crippen LogP contribution in [0.5, 0.6) is 0 Å². The van der Waals surface area contributed by atoms with E-state index in [1.807, 2.05) is 36.4 Å². The molecule has 39 heavy (non-hydrogen) atoms. The van der Waals surface area contributed by atoms with Crippen LogP contribution in [0.3, 0.4) is 0 Å². The Bertz CT molecular complexity index is 1460. The summed E-state index contributed by atoms with van der Waals surface area (Å²) in [5.74, 6) is -0.338. The van der Waals surface area contributed by atoms with Gasteiger partial charge in [0.2, 0.25) is 0 Å². The topological polar surface area (TPSA) is 110 Å². The largest absolute Gasteiger partial charge is 0.447 e. The standard InChI is InChI=1S/C28H24Br2N4O5/c29-21-8-10-23(11-9-21)34(28(37)39-14-12-32-26(35)20-16-22(30)18-31-17-20)13-15-38-27(36)33-25-7-3-5-19-4-1-2-6-24(19)25/h1-11,16-18H,12-15H2,(H,32,35)(H,33,36). The molecule has 0 saturated heterocycles. The van der Waals surface area contributed by atoms with Crippen molar-refractivity contribution in [1.29, 1.82) is 0 Å². The van der Waals surface area contributed by atoms with Gasteiger partial charge in [0.15, 0.2) is 0 Å². The Labute approximate surface area is 241 Å². The van der Waals surface area contributed by atoms with Crippen LogP contribution in [0.1, 0.15) is 10.4 Å². The van der Waals surface area contributed by atoms with Gasteiger partial charge in [0.1, 0.15) is 13.2 Å². The quantitative estimate of drug-likeness (QED) is 0.203. The second kappa shape index (κ2) is 13.7. The van der Waals surface area contributed by atoms with Crippen LogP contribution in [0.15, 0.2) is 94.1 Å². The van der Waals surface area contributed by atoms with E-state index in [-0.39, 0.29) is 32.2 Å². The zero-order valence-electron chi connectivity index (χ0n) is 20.6. The van der Waals surface area contributed by atoms with E-state index in [1.54, 1.807) is 42.6 Å². The monoisotopic (exact) mass is 654 g/mol. The molecule has 0 aliphatic rings. The normalized spacial score (nSPS) is 10.5. The molecule has 1 heterocycles. The number of benzene rings is 3. The lowest BCUT2D eigenvalue weighted by Crippen LogP contribution is -2.37. The Balaban J connectivity index is 1.31. The van der Waals surface area contributed by atoms with E-state index in [4.69, 9.17) is 9.47 Å². The zero-order valence-corrected chi connectivity index (χ0v) is 23.8. The molecule has 3 aromatic carbocycles. The number of fused-ring (bicyclic) bond motifs is 1. The molecular weight excluding hydrogens is 632 g/mol. The van der Waals surface area contributed by atoms with Crippen molar-refractivity contribution in [3.8, 4) is 0 Å². The Morgan fingerprint density at radius 1 is 0.846 bits per heavy atom. The number of halogens is 2. The molecule has 0 saturated carbocycles. The Morgan fingerprint density at radius 2 is 1.62 bits per heavy atom. The highest BCUT2D eigenvalue weighted by Crippen LogP contribution is 2.23. The van der Waals surface area contributed by atoms with Crippen LogP contribution in [0.4, 0.5) is 21.0 Å². The number of rotatable bonds is 9.